The van der Waals surface area contributed by atoms with E-state index in [1.807, 2.05) is 18.2 Å². The van der Waals surface area contributed by atoms with Crippen LogP contribution in [-0.2, 0) is 6.42 Å². The van der Waals surface area contributed by atoms with Crippen molar-refractivity contribution in [2.75, 3.05) is 51.8 Å². The average Bonchev–Trinajstić information content (AvgIpc) is 2.77. The number of benzene rings is 2. The van der Waals surface area contributed by atoms with Crippen molar-refractivity contribution < 1.29 is 9.47 Å². The molecule has 0 spiro atoms. The molecule has 158 valence electrons. The van der Waals surface area contributed by atoms with Crippen molar-refractivity contribution in [3.63, 3.8) is 0 Å². The average molecular weight is 429 g/mol. The summed E-state index contributed by atoms with van der Waals surface area (Å²) in [7, 11) is 3.12. The number of rotatable bonds is 6. The van der Waals surface area contributed by atoms with Crippen LogP contribution in [0.15, 0.2) is 41.2 Å². The van der Waals surface area contributed by atoms with Crippen molar-refractivity contribution in [1.29, 1.82) is 0 Å². The van der Waals surface area contributed by atoms with Crippen LogP contribution in [0.1, 0.15) is 5.82 Å². The fraction of sp³-hybridized carbons (Fsp3) is 0.364. The van der Waals surface area contributed by atoms with Gasteiger partial charge < -0.3 is 19.4 Å². The summed E-state index contributed by atoms with van der Waals surface area (Å²) in [5, 5.41) is 1.25. The summed E-state index contributed by atoms with van der Waals surface area (Å²) in [4.78, 5) is 24.8. The Balaban J connectivity index is 1.41. The van der Waals surface area contributed by atoms with Crippen LogP contribution in [0.25, 0.3) is 10.9 Å². The maximum Gasteiger partial charge on any atom is 0.258 e. The summed E-state index contributed by atoms with van der Waals surface area (Å²) in [5.74, 6) is 1.76. The van der Waals surface area contributed by atoms with Gasteiger partial charge in [0, 0.05) is 55.9 Å². The lowest BCUT2D eigenvalue weighted by atomic mass is 10.2. The normalized spacial score (nSPS) is 14.8. The number of methoxy groups -OCH3 is 2. The monoisotopic (exact) mass is 428 g/mol. The topological polar surface area (TPSA) is 70.7 Å². The van der Waals surface area contributed by atoms with Gasteiger partial charge in [0.05, 0.1) is 25.1 Å². The molecule has 0 unspecified atom stereocenters. The third-order valence-corrected chi connectivity index (χ3v) is 5.71. The Morgan fingerprint density at radius 1 is 1.07 bits per heavy atom. The highest BCUT2D eigenvalue weighted by molar-refractivity contribution is 6.30. The van der Waals surface area contributed by atoms with Crippen LogP contribution in [0.2, 0.25) is 5.02 Å². The van der Waals surface area contributed by atoms with E-state index in [1.54, 1.807) is 26.4 Å². The minimum absolute atomic E-state index is 0.165. The van der Waals surface area contributed by atoms with E-state index < -0.39 is 0 Å². The quantitative estimate of drug-likeness (QED) is 0.651. The van der Waals surface area contributed by atoms with E-state index >= 15 is 0 Å². The Labute approximate surface area is 180 Å². The van der Waals surface area contributed by atoms with Gasteiger partial charge in [0.25, 0.3) is 5.56 Å². The molecule has 7 nitrogen and oxygen atoms in total. The summed E-state index contributed by atoms with van der Waals surface area (Å²) in [5.41, 5.74) is 1.60. The molecule has 1 saturated heterocycles. The first kappa shape index (κ1) is 20.5. The van der Waals surface area contributed by atoms with E-state index in [9.17, 15) is 4.79 Å². The summed E-state index contributed by atoms with van der Waals surface area (Å²) < 4.78 is 10.6. The van der Waals surface area contributed by atoms with Crippen molar-refractivity contribution in [3.05, 3.63) is 57.6 Å². The molecule has 0 bridgehead atoms. The van der Waals surface area contributed by atoms with E-state index in [0.29, 0.717) is 34.6 Å². The van der Waals surface area contributed by atoms with Gasteiger partial charge in [0.1, 0.15) is 5.82 Å². The standard InChI is InChI=1S/C22H25ClN4O3/c1-29-19-13-17-18(14-20(19)30-2)24-21(25-22(17)28)6-7-26-8-10-27(11-9-26)16-5-3-4-15(23)12-16/h3-5,12-14H,6-11H2,1-2H3,(H,24,25,28). The second kappa shape index (κ2) is 8.93. The minimum Gasteiger partial charge on any atom is -0.493 e. The van der Waals surface area contributed by atoms with Crippen molar-refractivity contribution >= 4 is 28.2 Å². The Bertz CT molecular complexity index is 1090. The van der Waals surface area contributed by atoms with Gasteiger partial charge in [-0.2, -0.15) is 0 Å². The number of aromatic nitrogens is 2. The lowest BCUT2D eigenvalue weighted by Gasteiger charge is -2.36. The van der Waals surface area contributed by atoms with Crippen LogP contribution in [-0.4, -0.2) is 61.8 Å². The van der Waals surface area contributed by atoms with Crippen LogP contribution in [0.5, 0.6) is 11.5 Å². The third-order valence-electron chi connectivity index (χ3n) is 5.47. The van der Waals surface area contributed by atoms with Gasteiger partial charge in [-0.1, -0.05) is 17.7 Å². The predicted molar refractivity (Wildman–Crippen MR) is 119 cm³/mol. The summed E-state index contributed by atoms with van der Waals surface area (Å²) in [6, 6.07) is 11.4. The molecular weight excluding hydrogens is 404 g/mol. The van der Waals surface area contributed by atoms with Gasteiger partial charge in [-0.05, 0) is 24.3 Å². The molecule has 0 aliphatic carbocycles. The molecule has 0 saturated carbocycles. The van der Waals surface area contributed by atoms with E-state index in [1.165, 1.54) is 0 Å². The Morgan fingerprint density at radius 2 is 1.80 bits per heavy atom. The first-order valence-electron chi connectivity index (χ1n) is 9.95. The van der Waals surface area contributed by atoms with Gasteiger partial charge in [0.2, 0.25) is 0 Å². The third kappa shape index (κ3) is 4.37. The molecule has 30 heavy (non-hydrogen) atoms. The summed E-state index contributed by atoms with van der Waals surface area (Å²) in [6.45, 7) is 4.63. The van der Waals surface area contributed by atoms with E-state index in [-0.39, 0.29) is 5.56 Å². The Morgan fingerprint density at radius 3 is 2.50 bits per heavy atom. The molecule has 2 heterocycles. The zero-order valence-corrected chi connectivity index (χ0v) is 17.9. The molecule has 0 amide bonds. The minimum atomic E-state index is -0.165. The molecule has 2 aromatic carbocycles. The summed E-state index contributed by atoms with van der Waals surface area (Å²) in [6.07, 6.45) is 0.677. The van der Waals surface area contributed by atoms with Gasteiger partial charge in [-0.25, -0.2) is 4.98 Å². The molecule has 1 N–H and O–H groups in total. The number of piperazine rings is 1. The van der Waals surface area contributed by atoms with E-state index in [2.05, 4.69) is 25.8 Å². The number of hydrogen-bond acceptors (Lipinski definition) is 6. The number of aromatic amines is 1. The highest BCUT2D eigenvalue weighted by atomic mass is 35.5. The van der Waals surface area contributed by atoms with Crippen molar-refractivity contribution in [3.8, 4) is 11.5 Å². The molecule has 1 aliphatic rings. The first-order chi connectivity index (χ1) is 14.6. The molecular formula is C22H25ClN4O3. The number of fused-ring (bicyclic) bond motifs is 1. The van der Waals surface area contributed by atoms with Gasteiger partial charge in [-0.3, -0.25) is 9.69 Å². The van der Waals surface area contributed by atoms with Crippen LogP contribution in [0.3, 0.4) is 0 Å². The Hall–Kier alpha value is -2.77. The van der Waals surface area contributed by atoms with Crippen molar-refractivity contribution in [1.82, 2.24) is 14.9 Å². The van der Waals surface area contributed by atoms with Crippen molar-refractivity contribution in [2.45, 2.75) is 6.42 Å². The molecule has 0 atom stereocenters. The van der Waals surface area contributed by atoms with Gasteiger partial charge in [0.15, 0.2) is 11.5 Å². The first-order valence-corrected chi connectivity index (χ1v) is 10.3. The number of nitrogens with one attached hydrogen (secondary N) is 1. The number of nitrogens with zero attached hydrogens (tertiary/aromatic N) is 3. The molecule has 4 rings (SSSR count). The second-order valence-electron chi connectivity index (χ2n) is 7.30. The smallest absolute Gasteiger partial charge is 0.258 e. The number of H-pyrrole nitrogens is 1. The van der Waals surface area contributed by atoms with Crippen LogP contribution >= 0.6 is 11.6 Å². The number of halogens is 1. The van der Waals surface area contributed by atoms with Crippen LogP contribution in [0, 0.1) is 0 Å². The fourth-order valence-corrected chi connectivity index (χ4v) is 3.98. The highest BCUT2D eigenvalue weighted by Crippen LogP contribution is 2.30. The molecule has 1 fully saturated rings. The maximum absolute atomic E-state index is 12.5. The van der Waals surface area contributed by atoms with E-state index in [4.69, 9.17) is 21.1 Å². The van der Waals surface area contributed by atoms with E-state index in [0.717, 1.165) is 43.4 Å². The van der Waals surface area contributed by atoms with Gasteiger partial charge in [-0.15, -0.1) is 0 Å². The highest BCUT2D eigenvalue weighted by Gasteiger charge is 2.18. The molecule has 1 aliphatic heterocycles. The maximum atomic E-state index is 12.5. The second-order valence-corrected chi connectivity index (χ2v) is 7.73. The molecule has 8 heteroatoms. The fourth-order valence-electron chi connectivity index (χ4n) is 3.80. The van der Waals surface area contributed by atoms with Crippen LogP contribution < -0.4 is 19.9 Å². The lowest BCUT2D eigenvalue weighted by Crippen LogP contribution is -2.47. The number of anilines is 1. The van der Waals surface area contributed by atoms with Crippen LogP contribution in [0.4, 0.5) is 5.69 Å². The zero-order valence-electron chi connectivity index (χ0n) is 17.2. The largest absolute Gasteiger partial charge is 0.493 e. The Kier molecular flexibility index (Phi) is 6.11. The molecule has 3 aromatic rings. The lowest BCUT2D eigenvalue weighted by molar-refractivity contribution is 0.259. The molecule has 1 aromatic heterocycles. The SMILES string of the molecule is COc1cc2nc(CCN3CCN(c4cccc(Cl)c4)CC3)[nH]c(=O)c2cc1OC. The van der Waals surface area contributed by atoms with Gasteiger partial charge >= 0.3 is 0 Å². The molecule has 0 radical (unpaired) electrons. The predicted octanol–water partition coefficient (Wildman–Crippen LogP) is 2.96. The number of hydrogen-bond donors (Lipinski definition) is 1. The number of ether oxygens (including phenoxy) is 2. The van der Waals surface area contributed by atoms with Crippen molar-refractivity contribution in [2.24, 2.45) is 0 Å². The zero-order chi connectivity index (χ0) is 21.1. The summed E-state index contributed by atoms with van der Waals surface area (Å²) >= 11 is 6.11.